The average molecular weight is 287 g/mol. The number of carbonyl (C=O) groups excluding carboxylic acids is 1. The van der Waals surface area contributed by atoms with Gasteiger partial charge in [-0.3, -0.25) is 4.79 Å². The third kappa shape index (κ3) is 2.30. The fourth-order valence-electron chi connectivity index (χ4n) is 1.97. The molecule has 1 aromatic rings. The number of aromatic nitrogens is 1. The molecular weight excluding hydrogens is 272 g/mol. The molecule has 1 amide bonds. The molecule has 0 spiro atoms. The van der Waals surface area contributed by atoms with E-state index < -0.39 is 0 Å². The number of amides is 1. The summed E-state index contributed by atoms with van der Waals surface area (Å²) in [5, 5.41) is 9.39. The van der Waals surface area contributed by atoms with Crippen LogP contribution < -0.4 is 0 Å². The van der Waals surface area contributed by atoms with Crippen molar-refractivity contribution in [3.63, 3.8) is 0 Å². The summed E-state index contributed by atoms with van der Waals surface area (Å²) in [4.78, 5) is 13.9. The molecule has 1 saturated heterocycles. The Kier molecular flexibility index (Phi) is 3.35. The highest BCUT2D eigenvalue weighted by Gasteiger charge is 2.23. The molecular formula is C11H15BrN2O2. The molecule has 0 aliphatic carbocycles. The number of aliphatic hydroxyl groups is 1. The van der Waals surface area contributed by atoms with Crippen LogP contribution in [0.4, 0.5) is 0 Å². The molecule has 1 aliphatic rings. The number of likely N-dealkylation sites (tertiary alicyclic amines) is 1. The molecule has 88 valence electrons. The van der Waals surface area contributed by atoms with Gasteiger partial charge in [-0.2, -0.15) is 0 Å². The van der Waals surface area contributed by atoms with E-state index in [4.69, 9.17) is 0 Å². The van der Waals surface area contributed by atoms with Crippen LogP contribution in [-0.4, -0.2) is 39.7 Å². The topological polar surface area (TPSA) is 45.5 Å². The molecule has 0 unspecified atom stereocenters. The lowest BCUT2D eigenvalue weighted by Crippen LogP contribution is -2.40. The largest absolute Gasteiger partial charge is 0.393 e. The van der Waals surface area contributed by atoms with E-state index in [0.29, 0.717) is 31.6 Å². The standard InChI is InChI=1S/C11H15BrN2O2/c1-13-7-8(12)6-10(13)11(16)14-4-2-9(15)3-5-14/h6-7,9,15H,2-5H2,1H3. The first-order valence-corrected chi connectivity index (χ1v) is 6.16. The Labute approximate surface area is 103 Å². The van der Waals surface area contributed by atoms with Gasteiger partial charge in [0.25, 0.3) is 5.91 Å². The van der Waals surface area contributed by atoms with Crippen molar-refractivity contribution >= 4 is 21.8 Å². The van der Waals surface area contributed by atoms with Gasteiger partial charge in [-0.25, -0.2) is 0 Å². The van der Waals surface area contributed by atoms with E-state index >= 15 is 0 Å². The van der Waals surface area contributed by atoms with E-state index in [0.717, 1.165) is 4.47 Å². The zero-order valence-corrected chi connectivity index (χ0v) is 10.8. The lowest BCUT2D eigenvalue weighted by atomic mass is 10.1. The first-order chi connectivity index (χ1) is 7.58. The van der Waals surface area contributed by atoms with Gasteiger partial charge < -0.3 is 14.6 Å². The molecule has 1 fully saturated rings. The first-order valence-electron chi connectivity index (χ1n) is 5.37. The predicted octanol–water partition coefficient (Wildman–Crippen LogP) is 1.38. The van der Waals surface area contributed by atoms with Gasteiger partial charge in [-0.15, -0.1) is 0 Å². The van der Waals surface area contributed by atoms with Crippen LogP contribution in [0.3, 0.4) is 0 Å². The van der Waals surface area contributed by atoms with Crippen molar-refractivity contribution in [1.29, 1.82) is 0 Å². The Hall–Kier alpha value is -0.810. The number of aryl methyl sites for hydroxylation is 1. The van der Waals surface area contributed by atoms with Gasteiger partial charge in [0.15, 0.2) is 0 Å². The number of nitrogens with zero attached hydrogens (tertiary/aromatic N) is 2. The van der Waals surface area contributed by atoms with Crippen LogP contribution >= 0.6 is 15.9 Å². The zero-order valence-electron chi connectivity index (χ0n) is 9.19. The lowest BCUT2D eigenvalue weighted by Gasteiger charge is -2.29. The second kappa shape index (κ2) is 4.59. The van der Waals surface area contributed by atoms with Crippen LogP contribution in [0.5, 0.6) is 0 Å². The highest BCUT2D eigenvalue weighted by molar-refractivity contribution is 9.10. The Morgan fingerprint density at radius 3 is 2.62 bits per heavy atom. The van der Waals surface area contributed by atoms with Gasteiger partial charge in [0.2, 0.25) is 0 Å². The first kappa shape index (κ1) is 11.7. The van der Waals surface area contributed by atoms with E-state index in [1.807, 2.05) is 23.9 Å². The van der Waals surface area contributed by atoms with E-state index in [-0.39, 0.29) is 12.0 Å². The summed E-state index contributed by atoms with van der Waals surface area (Å²) < 4.78 is 2.73. The van der Waals surface area contributed by atoms with Crippen molar-refractivity contribution < 1.29 is 9.90 Å². The fourth-order valence-corrected chi connectivity index (χ4v) is 2.49. The fraction of sp³-hybridized carbons (Fsp3) is 0.545. The summed E-state index contributed by atoms with van der Waals surface area (Å²) in [6, 6.07) is 1.83. The summed E-state index contributed by atoms with van der Waals surface area (Å²) >= 11 is 3.35. The van der Waals surface area contributed by atoms with Gasteiger partial charge in [-0.05, 0) is 34.8 Å². The Bertz CT molecular complexity index is 395. The maximum atomic E-state index is 12.1. The van der Waals surface area contributed by atoms with Crippen LogP contribution in [0, 0.1) is 0 Å². The minimum absolute atomic E-state index is 0.0418. The molecule has 0 atom stereocenters. The highest BCUT2D eigenvalue weighted by Crippen LogP contribution is 2.18. The summed E-state index contributed by atoms with van der Waals surface area (Å²) in [6.45, 7) is 1.28. The predicted molar refractivity (Wildman–Crippen MR) is 64.3 cm³/mol. The molecule has 0 saturated carbocycles. The molecule has 2 rings (SSSR count). The molecule has 0 aromatic carbocycles. The van der Waals surface area contributed by atoms with Crippen LogP contribution in [0.15, 0.2) is 16.7 Å². The van der Waals surface area contributed by atoms with E-state index in [9.17, 15) is 9.90 Å². The third-order valence-corrected chi connectivity index (χ3v) is 3.38. The van der Waals surface area contributed by atoms with Crippen LogP contribution in [-0.2, 0) is 7.05 Å². The Morgan fingerprint density at radius 1 is 1.50 bits per heavy atom. The van der Waals surface area contributed by atoms with Crippen molar-refractivity contribution in [1.82, 2.24) is 9.47 Å². The van der Waals surface area contributed by atoms with E-state index in [1.54, 1.807) is 4.90 Å². The van der Waals surface area contributed by atoms with Gasteiger partial charge in [0.1, 0.15) is 5.69 Å². The molecule has 1 aromatic heterocycles. The quantitative estimate of drug-likeness (QED) is 0.848. The van der Waals surface area contributed by atoms with Gasteiger partial charge in [-0.1, -0.05) is 0 Å². The molecule has 1 aliphatic heterocycles. The monoisotopic (exact) mass is 286 g/mol. The van der Waals surface area contributed by atoms with Gasteiger partial charge in [0.05, 0.1) is 6.10 Å². The summed E-state index contributed by atoms with van der Waals surface area (Å²) in [5.74, 6) is 0.0418. The van der Waals surface area contributed by atoms with Crippen LogP contribution in [0.25, 0.3) is 0 Å². The third-order valence-electron chi connectivity index (χ3n) is 2.94. The number of hydrogen-bond acceptors (Lipinski definition) is 2. The van der Waals surface area contributed by atoms with E-state index in [1.165, 1.54) is 0 Å². The molecule has 2 heterocycles. The minimum atomic E-state index is -0.246. The number of carbonyl (C=O) groups is 1. The Morgan fingerprint density at radius 2 is 2.12 bits per heavy atom. The number of piperidine rings is 1. The zero-order chi connectivity index (χ0) is 11.7. The lowest BCUT2D eigenvalue weighted by molar-refractivity contribution is 0.0538. The second-order valence-corrected chi connectivity index (χ2v) is 5.09. The summed E-state index contributed by atoms with van der Waals surface area (Å²) in [6.07, 6.45) is 2.98. The normalized spacial score (nSPS) is 17.8. The van der Waals surface area contributed by atoms with Crippen molar-refractivity contribution in [2.24, 2.45) is 7.05 Å². The van der Waals surface area contributed by atoms with Crippen molar-refractivity contribution in [3.05, 3.63) is 22.4 Å². The molecule has 1 N–H and O–H groups in total. The van der Waals surface area contributed by atoms with Crippen molar-refractivity contribution in [2.45, 2.75) is 18.9 Å². The maximum absolute atomic E-state index is 12.1. The van der Waals surface area contributed by atoms with Crippen LogP contribution in [0.1, 0.15) is 23.3 Å². The molecule has 16 heavy (non-hydrogen) atoms. The number of rotatable bonds is 1. The minimum Gasteiger partial charge on any atom is -0.393 e. The number of hydrogen-bond donors (Lipinski definition) is 1. The molecule has 5 heteroatoms. The summed E-state index contributed by atoms with van der Waals surface area (Å²) in [5.41, 5.74) is 0.684. The number of halogens is 1. The van der Waals surface area contributed by atoms with Crippen LogP contribution in [0.2, 0.25) is 0 Å². The average Bonchev–Trinajstić information content (AvgIpc) is 2.58. The smallest absolute Gasteiger partial charge is 0.270 e. The molecule has 4 nitrogen and oxygen atoms in total. The highest BCUT2D eigenvalue weighted by atomic mass is 79.9. The summed E-state index contributed by atoms with van der Waals surface area (Å²) in [7, 11) is 1.86. The number of aliphatic hydroxyl groups excluding tert-OH is 1. The molecule has 0 radical (unpaired) electrons. The maximum Gasteiger partial charge on any atom is 0.270 e. The second-order valence-electron chi connectivity index (χ2n) is 4.18. The van der Waals surface area contributed by atoms with Crippen molar-refractivity contribution in [2.75, 3.05) is 13.1 Å². The Balaban J connectivity index is 2.10. The van der Waals surface area contributed by atoms with Crippen molar-refractivity contribution in [3.8, 4) is 0 Å². The van der Waals surface area contributed by atoms with Gasteiger partial charge in [0, 0.05) is 30.8 Å². The van der Waals surface area contributed by atoms with Gasteiger partial charge >= 0.3 is 0 Å². The van der Waals surface area contributed by atoms with E-state index in [2.05, 4.69) is 15.9 Å². The molecule has 0 bridgehead atoms. The SMILES string of the molecule is Cn1cc(Br)cc1C(=O)N1CCC(O)CC1.